The van der Waals surface area contributed by atoms with Crippen molar-refractivity contribution in [2.75, 3.05) is 6.54 Å². The zero-order valence-corrected chi connectivity index (χ0v) is 13.2. The molecule has 6 heteroatoms. The number of aromatic nitrogens is 1. The number of amides is 1. The van der Waals surface area contributed by atoms with Gasteiger partial charge in [0.25, 0.3) is 0 Å². The summed E-state index contributed by atoms with van der Waals surface area (Å²) < 4.78 is 5.38. The van der Waals surface area contributed by atoms with Crippen molar-refractivity contribution in [3.63, 3.8) is 0 Å². The quantitative estimate of drug-likeness (QED) is 0.579. The van der Waals surface area contributed by atoms with Gasteiger partial charge in [-0.1, -0.05) is 18.2 Å². The maximum absolute atomic E-state index is 12.3. The van der Waals surface area contributed by atoms with Crippen molar-refractivity contribution < 1.29 is 9.21 Å². The molecule has 4 N–H and O–H groups in total. The van der Waals surface area contributed by atoms with E-state index in [1.54, 1.807) is 6.26 Å². The summed E-state index contributed by atoms with van der Waals surface area (Å²) in [5, 5.41) is 4.22. The van der Waals surface area contributed by atoms with Crippen molar-refractivity contribution in [1.82, 2.24) is 21.2 Å². The minimum atomic E-state index is -0.247. The average molecular weight is 324 g/mol. The van der Waals surface area contributed by atoms with Crippen LogP contribution in [0.4, 0.5) is 0 Å². The molecule has 0 aliphatic carbocycles. The van der Waals surface area contributed by atoms with E-state index in [2.05, 4.69) is 33.3 Å². The fourth-order valence-corrected chi connectivity index (χ4v) is 3.19. The Morgan fingerprint density at radius 3 is 3.00 bits per heavy atom. The monoisotopic (exact) mass is 324 g/mol. The molecule has 0 bridgehead atoms. The van der Waals surface area contributed by atoms with Crippen molar-refractivity contribution >= 4 is 16.8 Å². The van der Waals surface area contributed by atoms with Crippen LogP contribution in [0.15, 0.2) is 53.3 Å². The Morgan fingerprint density at radius 1 is 1.21 bits per heavy atom. The second-order valence-electron chi connectivity index (χ2n) is 6.05. The second-order valence-corrected chi connectivity index (χ2v) is 6.05. The molecule has 0 radical (unpaired) electrons. The van der Waals surface area contributed by atoms with Gasteiger partial charge in [0.15, 0.2) is 0 Å². The van der Waals surface area contributed by atoms with Crippen LogP contribution in [0.25, 0.3) is 10.9 Å². The standard InChI is InChI=1S/C18H20N4O2/c23-18(16-10-15(21-22-16)17-6-3-9-24-17)19-8-7-12-11-20-14-5-2-1-4-13(12)14/h1-6,9,11,15-16,20-22H,7-8,10H2,(H,19,23). The Hall–Kier alpha value is -2.57. The van der Waals surface area contributed by atoms with E-state index in [0.717, 1.165) is 17.7 Å². The largest absolute Gasteiger partial charge is 0.468 e. The molecule has 124 valence electrons. The van der Waals surface area contributed by atoms with Gasteiger partial charge in [-0.25, -0.2) is 10.9 Å². The molecule has 2 aromatic heterocycles. The van der Waals surface area contributed by atoms with Gasteiger partial charge < -0.3 is 14.7 Å². The minimum Gasteiger partial charge on any atom is -0.468 e. The van der Waals surface area contributed by atoms with Crippen molar-refractivity contribution in [2.24, 2.45) is 0 Å². The number of hydrazine groups is 1. The molecule has 1 aromatic carbocycles. The molecule has 3 heterocycles. The lowest BCUT2D eigenvalue weighted by molar-refractivity contribution is -0.122. The average Bonchev–Trinajstić information content (AvgIpc) is 3.35. The summed E-state index contributed by atoms with van der Waals surface area (Å²) in [6.07, 6.45) is 5.13. The fourth-order valence-electron chi connectivity index (χ4n) is 3.19. The van der Waals surface area contributed by atoms with Crippen LogP contribution in [0.3, 0.4) is 0 Å². The smallest absolute Gasteiger partial charge is 0.238 e. The number of hydrogen-bond acceptors (Lipinski definition) is 4. The Bertz CT molecular complexity index is 825. The molecular weight excluding hydrogens is 304 g/mol. The van der Waals surface area contributed by atoms with Gasteiger partial charge in [-0.3, -0.25) is 4.79 Å². The van der Waals surface area contributed by atoms with Crippen LogP contribution in [0.1, 0.15) is 23.8 Å². The first-order chi connectivity index (χ1) is 11.8. The molecule has 6 nitrogen and oxygen atoms in total. The summed E-state index contributed by atoms with van der Waals surface area (Å²) >= 11 is 0. The van der Waals surface area contributed by atoms with Gasteiger partial charge >= 0.3 is 0 Å². The number of benzene rings is 1. The van der Waals surface area contributed by atoms with Crippen LogP contribution in [-0.2, 0) is 11.2 Å². The number of carbonyl (C=O) groups excluding carboxylic acids is 1. The molecule has 1 saturated heterocycles. The highest BCUT2D eigenvalue weighted by atomic mass is 16.3. The first-order valence-electron chi connectivity index (χ1n) is 8.18. The lowest BCUT2D eigenvalue weighted by Gasteiger charge is -2.10. The maximum Gasteiger partial charge on any atom is 0.238 e. The summed E-state index contributed by atoms with van der Waals surface area (Å²) in [5.41, 5.74) is 8.49. The predicted octanol–water partition coefficient (Wildman–Crippen LogP) is 2.03. The van der Waals surface area contributed by atoms with Gasteiger partial charge in [0.1, 0.15) is 11.8 Å². The fraction of sp³-hybridized carbons (Fsp3) is 0.278. The zero-order valence-electron chi connectivity index (χ0n) is 13.2. The number of hydrogen-bond donors (Lipinski definition) is 4. The van der Waals surface area contributed by atoms with Gasteiger partial charge in [-0.15, -0.1) is 0 Å². The van der Waals surface area contributed by atoms with Crippen molar-refractivity contribution in [3.05, 3.63) is 60.2 Å². The van der Waals surface area contributed by atoms with Crippen molar-refractivity contribution in [1.29, 1.82) is 0 Å². The zero-order chi connectivity index (χ0) is 16.4. The molecule has 2 unspecified atom stereocenters. The Kier molecular flexibility index (Phi) is 4.06. The van der Waals surface area contributed by atoms with E-state index in [1.165, 1.54) is 10.9 Å². The Morgan fingerprint density at radius 2 is 2.12 bits per heavy atom. The van der Waals surface area contributed by atoms with Crippen LogP contribution in [0.2, 0.25) is 0 Å². The molecule has 24 heavy (non-hydrogen) atoms. The van der Waals surface area contributed by atoms with Crippen LogP contribution >= 0.6 is 0 Å². The van der Waals surface area contributed by atoms with Gasteiger partial charge in [0, 0.05) is 23.6 Å². The van der Waals surface area contributed by atoms with Gasteiger partial charge in [0.05, 0.1) is 12.3 Å². The third kappa shape index (κ3) is 2.93. The topological polar surface area (TPSA) is 82.1 Å². The lowest BCUT2D eigenvalue weighted by atomic mass is 10.1. The number of carbonyl (C=O) groups is 1. The van der Waals surface area contributed by atoms with Crippen molar-refractivity contribution in [3.8, 4) is 0 Å². The first-order valence-corrected chi connectivity index (χ1v) is 8.18. The van der Waals surface area contributed by atoms with E-state index in [-0.39, 0.29) is 18.0 Å². The number of furan rings is 1. The Balaban J connectivity index is 1.29. The Labute approximate surface area is 139 Å². The maximum atomic E-state index is 12.3. The van der Waals surface area contributed by atoms with Crippen molar-refractivity contribution in [2.45, 2.75) is 24.9 Å². The highest BCUT2D eigenvalue weighted by Gasteiger charge is 2.31. The molecule has 0 spiro atoms. The molecule has 1 aliphatic rings. The third-order valence-electron chi connectivity index (χ3n) is 4.47. The number of H-pyrrole nitrogens is 1. The number of para-hydroxylation sites is 1. The van der Waals surface area contributed by atoms with Crippen LogP contribution in [0.5, 0.6) is 0 Å². The molecule has 1 fully saturated rings. The number of nitrogens with one attached hydrogen (secondary N) is 4. The van der Waals surface area contributed by atoms with Gasteiger partial charge in [-0.05, 0) is 36.6 Å². The summed E-state index contributed by atoms with van der Waals surface area (Å²) in [7, 11) is 0. The molecule has 1 amide bonds. The number of rotatable bonds is 5. The highest BCUT2D eigenvalue weighted by molar-refractivity contribution is 5.84. The molecule has 4 rings (SSSR count). The van der Waals surface area contributed by atoms with Crippen LogP contribution < -0.4 is 16.2 Å². The summed E-state index contributed by atoms with van der Waals surface area (Å²) in [5.74, 6) is 0.855. The minimum absolute atomic E-state index is 0.0106. The van der Waals surface area contributed by atoms with E-state index in [9.17, 15) is 4.79 Å². The van der Waals surface area contributed by atoms with E-state index in [1.807, 2.05) is 30.5 Å². The highest BCUT2D eigenvalue weighted by Crippen LogP contribution is 2.22. The first kappa shape index (κ1) is 15.0. The van der Waals surface area contributed by atoms with E-state index in [0.29, 0.717) is 13.0 Å². The summed E-state index contributed by atoms with van der Waals surface area (Å²) in [6.45, 7) is 0.615. The van der Waals surface area contributed by atoms with E-state index in [4.69, 9.17) is 4.42 Å². The lowest BCUT2D eigenvalue weighted by Crippen LogP contribution is -2.43. The summed E-state index contributed by atoms with van der Waals surface area (Å²) in [6, 6.07) is 11.7. The normalized spacial score (nSPS) is 20.5. The number of fused-ring (bicyclic) bond motifs is 1. The van der Waals surface area contributed by atoms with E-state index >= 15 is 0 Å². The second kappa shape index (κ2) is 6.51. The van der Waals surface area contributed by atoms with Crippen LogP contribution in [0, 0.1) is 0 Å². The predicted molar refractivity (Wildman–Crippen MR) is 91.1 cm³/mol. The number of aromatic amines is 1. The van der Waals surface area contributed by atoms with Crippen LogP contribution in [-0.4, -0.2) is 23.5 Å². The molecular formula is C18H20N4O2. The molecule has 2 atom stereocenters. The van der Waals surface area contributed by atoms with Gasteiger partial charge in [0.2, 0.25) is 5.91 Å². The summed E-state index contributed by atoms with van der Waals surface area (Å²) in [4.78, 5) is 15.6. The van der Waals surface area contributed by atoms with Gasteiger partial charge in [-0.2, -0.15) is 0 Å². The SMILES string of the molecule is O=C(NCCc1c[nH]c2ccccc12)C1CC(c2ccco2)NN1. The molecule has 3 aromatic rings. The third-order valence-corrected chi connectivity index (χ3v) is 4.47. The van der Waals surface area contributed by atoms with E-state index < -0.39 is 0 Å². The molecule has 1 aliphatic heterocycles. The molecule has 0 saturated carbocycles.